The number of anilines is 1. The fourth-order valence-corrected chi connectivity index (χ4v) is 5.24. The van der Waals surface area contributed by atoms with Gasteiger partial charge in [-0.25, -0.2) is 8.42 Å². The number of morpholine rings is 1. The number of sulfonamides is 1. The molecule has 9 nitrogen and oxygen atoms in total. The summed E-state index contributed by atoms with van der Waals surface area (Å²) >= 11 is 0. The minimum Gasteiger partial charge on any atom is -0.495 e. The lowest BCUT2D eigenvalue weighted by Gasteiger charge is -2.35. The third-order valence-electron chi connectivity index (χ3n) is 5.18. The van der Waals surface area contributed by atoms with Gasteiger partial charge in [-0.1, -0.05) is 0 Å². The number of nitrogens with zero attached hydrogens (tertiary/aromatic N) is 2. The van der Waals surface area contributed by atoms with Crippen molar-refractivity contribution in [2.24, 2.45) is 5.92 Å². The number of carbonyl (C=O) groups is 2. The molecule has 3 rings (SSSR count). The molecule has 2 heterocycles. The highest BCUT2D eigenvalue weighted by atomic mass is 32.2. The molecule has 2 amide bonds. The molecule has 0 radical (unpaired) electrons. The van der Waals surface area contributed by atoms with Gasteiger partial charge in [-0.15, -0.1) is 0 Å². The van der Waals surface area contributed by atoms with E-state index in [1.54, 1.807) is 4.90 Å². The first-order valence-corrected chi connectivity index (χ1v) is 11.1. The zero-order valence-electron chi connectivity index (χ0n) is 16.7. The van der Waals surface area contributed by atoms with E-state index >= 15 is 0 Å². The molecule has 1 aromatic rings. The summed E-state index contributed by atoms with van der Waals surface area (Å²) < 4.78 is 38.2. The Labute approximate surface area is 171 Å². The Kier molecular flexibility index (Phi) is 6.76. The van der Waals surface area contributed by atoms with Crippen LogP contribution in [0.1, 0.15) is 19.8 Å². The second-order valence-electron chi connectivity index (χ2n) is 7.18. The summed E-state index contributed by atoms with van der Waals surface area (Å²) in [5, 5.41) is 2.59. The van der Waals surface area contributed by atoms with Gasteiger partial charge < -0.3 is 19.7 Å². The number of piperidine rings is 1. The quantitative estimate of drug-likeness (QED) is 0.752. The normalized spacial score (nSPS) is 20.9. The summed E-state index contributed by atoms with van der Waals surface area (Å²) in [6.45, 7) is 3.96. The van der Waals surface area contributed by atoms with E-state index in [-0.39, 0.29) is 29.2 Å². The van der Waals surface area contributed by atoms with Crippen molar-refractivity contribution in [3.63, 3.8) is 0 Å². The Bertz CT molecular complexity index is 867. The molecule has 2 aliphatic heterocycles. The van der Waals surface area contributed by atoms with Gasteiger partial charge in [0, 0.05) is 33.1 Å². The van der Waals surface area contributed by atoms with Crippen LogP contribution < -0.4 is 10.1 Å². The van der Waals surface area contributed by atoms with Crippen LogP contribution in [0.5, 0.6) is 5.75 Å². The molecule has 29 heavy (non-hydrogen) atoms. The Morgan fingerprint density at radius 3 is 2.59 bits per heavy atom. The van der Waals surface area contributed by atoms with Crippen molar-refractivity contribution in [2.75, 3.05) is 51.8 Å². The highest BCUT2D eigenvalue weighted by Crippen LogP contribution is 2.31. The predicted molar refractivity (Wildman–Crippen MR) is 106 cm³/mol. The van der Waals surface area contributed by atoms with E-state index < -0.39 is 10.0 Å². The minimum absolute atomic E-state index is 0.0122. The second kappa shape index (κ2) is 9.10. The summed E-state index contributed by atoms with van der Waals surface area (Å²) in [7, 11) is -2.37. The maximum absolute atomic E-state index is 13.2. The molecular weight excluding hydrogens is 398 g/mol. The molecule has 0 spiro atoms. The lowest BCUT2D eigenvalue weighted by atomic mass is 9.98. The Hall–Kier alpha value is -2.17. The van der Waals surface area contributed by atoms with E-state index in [2.05, 4.69) is 5.32 Å². The van der Waals surface area contributed by atoms with E-state index in [1.165, 1.54) is 36.5 Å². The molecular formula is C19H27N3O6S. The second-order valence-corrected chi connectivity index (χ2v) is 9.12. The first-order valence-electron chi connectivity index (χ1n) is 9.65. The van der Waals surface area contributed by atoms with Crippen LogP contribution in [0.3, 0.4) is 0 Å². The average Bonchev–Trinajstić information content (AvgIpc) is 2.73. The van der Waals surface area contributed by atoms with Crippen LogP contribution in [0.25, 0.3) is 0 Å². The molecule has 0 aliphatic carbocycles. The van der Waals surface area contributed by atoms with Crippen molar-refractivity contribution < 1.29 is 27.5 Å². The molecule has 160 valence electrons. The summed E-state index contributed by atoms with van der Waals surface area (Å²) in [6.07, 6.45) is 1.29. The molecule has 10 heteroatoms. The molecule has 1 aromatic carbocycles. The molecule has 0 saturated carbocycles. The van der Waals surface area contributed by atoms with E-state index in [1.807, 2.05) is 0 Å². The van der Waals surface area contributed by atoms with Crippen LogP contribution >= 0.6 is 0 Å². The third-order valence-corrected chi connectivity index (χ3v) is 7.04. The average molecular weight is 426 g/mol. The first-order chi connectivity index (χ1) is 13.8. The lowest BCUT2D eigenvalue weighted by molar-refractivity contribution is -0.140. The Morgan fingerprint density at radius 2 is 1.93 bits per heavy atom. The summed E-state index contributed by atoms with van der Waals surface area (Å²) in [4.78, 5) is 26.1. The van der Waals surface area contributed by atoms with Crippen molar-refractivity contribution in [3.8, 4) is 5.75 Å². The van der Waals surface area contributed by atoms with Gasteiger partial charge in [0.05, 0.1) is 36.8 Å². The van der Waals surface area contributed by atoms with Crippen molar-refractivity contribution in [1.82, 2.24) is 9.21 Å². The van der Waals surface area contributed by atoms with Crippen LogP contribution in [-0.2, 0) is 24.3 Å². The van der Waals surface area contributed by atoms with Gasteiger partial charge in [0.1, 0.15) is 5.75 Å². The number of methoxy groups -OCH3 is 1. The number of rotatable bonds is 5. The van der Waals surface area contributed by atoms with Crippen LogP contribution in [0, 0.1) is 5.92 Å². The van der Waals surface area contributed by atoms with E-state index in [4.69, 9.17) is 9.47 Å². The molecule has 1 atom stereocenters. The number of ether oxygens (including phenoxy) is 2. The summed E-state index contributed by atoms with van der Waals surface area (Å²) in [5.41, 5.74) is 0.291. The molecule has 0 bridgehead atoms. The highest BCUT2D eigenvalue weighted by molar-refractivity contribution is 7.89. The summed E-state index contributed by atoms with van der Waals surface area (Å²) in [5.74, 6) is -0.322. The summed E-state index contributed by atoms with van der Waals surface area (Å²) in [6, 6.07) is 4.36. The lowest BCUT2D eigenvalue weighted by Crippen LogP contribution is -2.49. The van der Waals surface area contributed by atoms with Crippen LogP contribution in [0.4, 0.5) is 5.69 Å². The molecule has 1 unspecified atom stereocenters. The first kappa shape index (κ1) is 21.5. The highest BCUT2D eigenvalue weighted by Gasteiger charge is 2.35. The fraction of sp³-hybridized carbons (Fsp3) is 0.579. The molecule has 0 aromatic heterocycles. The fourth-order valence-electron chi connectivity index (χ4n) is 3.69. The Morgan fingerprint density at radius 1 is 1.21 bits per heavy atom. The molecule has 2 aliphatic rings. The third kappa shape index (κ3) is 4.88. The van der Waals surface area contributed by atoms with Gasteiger partial charge in [-0.2, -0.15) is 4.31 Å². The van der Waals surface area contributed by atoms with E-state index in [9.17, 15) is 18.0 Å². The number of amides is 2. The van der Waals surface area contributed by atoms with Crippen molar-refractivity contribution in [1.29, 1.82) is 0 Å². The number of carbonyl (C=O) groups excluding carboxylic acids is 2. The van der Waals surface area contributed by atoms with Gasteiger partial charge in [0.2, 0.25) is 21.8 Å². The largest absolute Gasteiger partial charge is 0.495 e. The smallest absolute Gasteiger partial charge is 0.243 e. The van der Waals surface area contributed by atoms with E-state index in [0.29, 0.717) is 57.1 Å². The molecule has 2 fully saturated rings. The topological polar surface area (TPSA) is 105 Å². The zero-order valence-corrected chi connectivity index (χ0v) is 17.5. The van der Waals surface area contributed by atoms with Crippen LogP contribution in [-0.4, -0.2) is 75.9 Å². The van der Waals surface area contributed by atoms with Gasteiger partial charge in [-0.05, 0) is 31.0 Å². The van der Waals surface area contributed by atoms with Crippen molar-refractivity contribution in [2.45, 2.75) is 24.7 Å². The van der Waals surface area contributed by atoms with Crippen molar-refractivity contribution in [3.05, 3.63) is 18.2 Å². The standard InChI is InChI=1S/C19H27N3O6S/c1-14(23)20-17-12-16(5-6-18(17)27-2)29(25,26)22-7-3-4-15(13-22)19(24)21-8-10-28-11-9-21/h5-6,12,15H,3-4,7-11,13H2,1-2H3,(H,20,23). The SMILES string of the molecule is COc1ccc(S(=O)(=O)N2CCCC(C(=O)N3CCOCC3)C2)cc1NC(C)=O. The zero-order chi connectivity index (χ0) is 21.0. The van der Waals surface area contributed by atoms with Crippen LogP contribution in [0.15, 0.2) is 23.1 Å². The molecule has 1 N–H and O–H groups in total. The van der Waals surface area contributed by atoms with Gasteiger partial charge in [0.15, 0.2) is 0 Å². The number of benzene rings is 1. The maximum Gasteiger partial charge on any atom is 0.243 e. The number of hydrogen-bond donors (Lipinski definition) is 1. The maximum atomic E-state index is 13.2. The monoisotopic (exact) mass is 425 g/mol. The van der Waals surface area contributed by atoms with Gasteiger partial charge in [0.25, 0.3) is 0 Å². The van der Waals surface area contributed by atoms with Gasteiger partial charge in [-0.3, -0.25) is 9.59 Å². The van der Waals surface area contributed by atoms with Gasteiger partial charge >= 0.3 is 0 Å². The number of hydrogen-bond acceptors (Lipinski definition) is 6. The Balaban J connectivity index is 1.79. The van der Waals surface area contributed by atoms with E-state index in [0.717, 1.165) is 0 Å². The number of nitrogens with one attached hydrogen (secondary N) is 1. The molecule has 2 saturated heterocycles. The minimum atomic E-state index is -3.81. The predicted octanol–water partition coefficient (Wildman–Crippen LogP) is 0.913. The van der Waals surface area contributed by atoms with Crippen molar-refractivity contribution >= 4 is 27.5 Å². The van der Waals surface area contributed by atoms with Crippen LogP contribution in [0.2, 0.25) is 0 Å².